The molecule has 4 heteroatoms. The van der Waals surface area contributed by atoms with E-state index in [1.807, 2.05) is 25.1 Å². The van der Waals surface area contributed by atoms with Crippen LogP contribution in [0.1, 0.15) is 32.3 Å². The highest BCUT2D eigenvalue weighted by molar-refractivity contribution is 5.92. The largest absolute Gasteiger partial charge is 0.398 e. The standard InChI is InChI=1S/C17H27N3O/c1-12-7-9-20(11-13(12)2)10-8-17(21)19-16-6-4-5-15(18)14(16)3/h4-6,12-13H,7-11,18H2,1-3H3,(H,19,21). The Labute approximate surface area is 127 Å². The number of nitrogens with zero attached hydrogens (tertiary/aromatic N) is 1. The van der Waals surface area contributed by atoms with Crippen LogP contribution in [0, 0.1) is 18.8 Å². The summed E-state index contributed by atoms with van der Waals surface area (Å²) in [6, 6.07) is 5.61. The molecule has 1 aliphatic rings. The number of benzene rings is 1. The molecule has 0 spiro atoms. The zero-order valence-corrected chi connectivity index (χ0v) is 13.4. The molecule has 0 aliphatic carbocycles. The zero-order valence-electron chi connectivity index (χ0n) is 13.4. The number of carbonyl (C=O) groups is 1. The highest BCUT2D eigenvalue weighted by atomic mass is 16.1. The third kappa shape index (κ3) is 4.21. The molecule has 0 saturated carbocycles. The molecule has 2 unspecified atom stereocenters. The van der Waals surface area contributed by atoms with Gasteiger partial charge in [-0.25, -0.2) is 0 Å². The lowest BCUT2D eigenvalue weighted by Crippen LogP contribution is -2.39. The molecule has 2 rings (SSSR count). The second kappa shape index (κ2) is 6.94. The first-order valence-electron chi connectivity index (χ1n) is 7.84. The molecule has 2 atom stereocenters. The first kappa shape index (κ1) is 15.8. The third-order valence-corrected chi connectivity index (χ3v) is 4.72. The van der Waals surface area contributed by atoms with Gasteiger partial charge in [0.05, 0.1) is 0 Å². The van der Waals surface area contributed by atoms with Crippen LogP contribution in [0.4, 0.5) is 11.4 Å². The van der Waals surface area contributed by atoms with E-state index in [9.17, 15) is 4.79 Å². The molecule has 0 aromatic heterocycles. The normalized spacial score (nSPS) is 23.0. The number of hydrogen-bond acceptors (Lipinski definition) is 3. The van der Waals surface area contributed by atoms with E-state index in [1.54, 1.807) is 0 Å². The van der Waals surface area contributed by atoms with Crippen molar-refractivity contribution in [3.63, 3.8) is 0 Å². The summed E-state index contributed by atoms with van der Waals surface area (Å²) in [6.07, 6.45) is 1.77. The molecule has 116 valence electrons. The van der Waals surface area contributed by atoms with Gasteiger partial charge in [0.1, 0.15) is 0 Å². The van der Waals surface area contributed by atoms with Gasteiger partial charge in [-0.1, -0.05) is 19.9 Å². The Kier molecular flexibility index (Phi) is 5.23. The van der Waals surface area contributed by atoms with Crippen LogP contribution in [0.2, 0.25) is 0 Å². The molecule has 1 amide bonds. The topological polar surface area (TPSA) is 58.4 Å². The first-order valence-corrected chi connectivity index (χ1v) is 7.84. The minimum absolute atomic E-state index is 0.0648. The molecule has 21 heavy (non-hydrogen) atoms. The summed E-state index contributed by atoms with van der Waals surface area (Å²) in [5, 5.41) is 2.96. The van der Waals surface area contributed by atoms with Gasteiger partial charge in [-0.15, -0.1) is 0 Å². The zero-order chi connectivity index (χ0) is 15.4. The minimum Gasteiger partial charge on any atom is -0.398 e. The van der Waals surface area contributed by atoms with Crippen LogP contribution in [0.3, 0.4) is 0 Å². The summed E-state index contributed by atoms with van der Waals surface area (Å²) in [5.74, 6) is 1.58. The van der Waals surface area contributed by atoms with Gasteiger partial charge in [-0.3, -0.25) is 4.79 Å². The van der Waals surface area contributed by atoms with Gasteiger partial charge in [0.15, 0.2) is 0 Å². The van der Waals surface area contributed by atoms with E-state index in [0.29, 0.717) is 12.1 Å². The molecule has 1 aliphatic heterocycles. The SMILES string of the molecule is Cc1c(N)cccc1NC(=O)CCN1CCC(C)C(C)C1. The third-order valence-electron chi connectivity index (χ3n) is 4.72. The molecule has 1 aromatic rings. The Balaban J connectivity index is 1.81. The van der Waals surface area contributed by atoms with Gasteiger partial charge >= 0.3 is 0 Å². The number of rotatable bonds is 4. The molecule has 3 N–H and O–H groups in total. The molecule has 0 radical (unpaired) electrons. The van der Waals surface area contributed by atoms with Crippen molar-refractivity contribution in [3.05, 3.63) is 23.8 Å². The molecule has 1 aromatic carbocycles. The van der Waals surface area contributed by atoms with Gasteiger partial charge in [-0.2, -0.15) is 0 Å². The lowest BCUT2D eigenvalue weighted by atomic mass is 9.89. The summed E-state index contributed by atoms with van der Waals surface area (Å²) in [4.78, 5) is 14.5. The fourth-order valence-corrected chi connectivity index (χ4v) is 2.81. The summed E-state index contributed by atoms with van der Waals surface area (Å²) < 4.78 is 0. The Morgan fingerprint density at radius 1 is 1.38 bits per heavy atom. The lowest BCUT2D eigenvalue weighted by molar-refractivity contribution is -0.116. The number of likely N-dealkylation sites (tertiary alicyclic amines) is 1. The van der Waals surface area contributed by atoms with E-state index in [0.717, 1.165) is 42.7 Å². The number of nitrogens with one attached hydrogen (secondary N) is 1. The van der Waals surface area contributed by atoms with Crippen molar-refractivity contribution in [2.75, 3.05) is 30.7 Å². The summed E-state index contributed by atoms with van der Waals surface area (Å²) in [7, 11) is 0. The molecular weight excluding hydrogens is 262 g/mol. The van der Waals surface area contributed by atoms with E-state index >= 15 is 0 Å². The van der Waals surface area contributed by atoms with Crippen LogP contribution in [-0.2, 0) is 4.79 Å². The van der Waals surface area contributed by atoms with Crippen LogP contribution in [0.5, 0.6) is 0 Å². The summed E-state index contributed by atoms with van der Waals surface area (Å²) >= 11 is 0. The van der Waals surface area contributed by atoms with Gasteiger partial charge in [0.25, 0.3) is 0 Å². The fraction of sp³-hybridized carbons (Fsp3) is 0.588. The molecule has 1 heterocycles. The minimum atomic E-state index is 0.0648. The van der Waals surface area contributed by atoms with Crippen LogP contribution >= 0.6 is 0 Å². The predicted octanol–water partition coefficient (Wildman–Crippen LogP) is 2.88. The number of hydrogen-bond donors (Lipinski definition) is 2. The maximum atomic E-state index is 12.1. The molecule has 1 fully saturated rings. The highest BCUT2D eigenvalue weighted by Gasteiger charge is 2.22. The van der Waals surface area contributed by atoms with Gasteiger partial charge in [0.2, 0.25) is 5.91 Å². The number of nitrogen functional groups attached to an aromatic ring is 1. The number of amides is 1. The van der Waals surface area contributed by atoms with E-state index in [1.165, 1.54) is 6.42 Å². The van der Waals surface area contributed by atoms with E-state index < -0.39 is 0 Å². The monoisotopic (exact) mass is 289 g/mol. The fourth-order valence-electron chi connectivity index (χ4n) is 2.81. The van der Waals surface area contributed by atoms with Crippen LogP contribution in [0.15, 0.2) is 18.2 Å². The number of nitrogens with two attached hydrogens (primary N) is 1. The lowest BCUT2D eigenvalue weighted by Gasteiger charge is -2.35. The maximum absolute atomic E-state index is 12.1. The van der Waals surface area contributed by atoms with Crippen molar-refractivity contribution in [2.45, 2.75) is 33.6 Å². The van der Waals surface area contributed by atoms with Crippen molar-refractivity contribution in [2.24, 2.45) is 11.8 Å². The Hall–Kier alpha value is -1.55. The van der Waals surface area contributed by atoms with Crippen molar-refractivity contribution < 1.29 is 4.79 Å². The molecule has 4 nitrogen and oxygen atoms in total. The van der Waals surface area contributed by atoms with Crippen LogP contribution in [0.25, 0.3) is 0 Å². The van der Waals surface area contributed by atoms with E-state index in [-0.39, 0.29) is 5.91 Å². The predicted molar refractivity (Wildman–Crippen MR) is 88.2 cm³/mol. The average Bonchev–Trinajstić information content (AvgIpc) is 2.45. The first-order chi connectivity index (χ1) is 9.97. The summed E-state index contributed by atoms with van der Waals surface area (Å²) in [5.41, 5.74) is 8.33. The molecule has 1 saturated heterocycles. The molecule has 0 bridgehead atoms. The van der Waals surface area contributed by atoms with Crippen molar-refractivity contribution in [3.8, 4) is 0 Å². The van der Waals surface area contributed by atoms with Crippen LogP contribution in [-0.4, -0.2) is 30.4 Å². The smallest absolute Gasteiger partial charge is 0.225 e. The van der Waals surface area contributed by atoms with Gasteiger partial charge < -0.3 is 16.0 Å². The molecular formula is C17H27N3O. The summed E-state index contributed by atoms with van der Waals surface area (Å²) in [6.45, 7) is 9.59. The van der Waals surface area contributed by atoms with Crippen molar-refractivity contribution in [1.29, 1.82) is 0 Å². The van der Waals surface area contributed by atoms with Crippen molar-refractivity contribution >= 4 is 17.3 Å². The van der Waals surface area contributed by atoms with Gasteiger partial charge in [0, 0.05) is 30.9 Å². The average molecular weight is 289 g/mol. The van der Waals surface area contributed by atoms with Gasteiger partial charge in [-0.05, 0) is 49.4 Å². The maximum Gasteiger partial charge on any atom is 0.225 e. The second-order valence-corrected chi connectivity index (χ2v) is 6.36. The van der Waals surface area contributed by atoms with E-state index in [2.05, 4.69) is 24.1 Å². The second-order valence-electron chi connectivity index (χ2n) is 6.36. The Morgan fingerprint density at radius 3 is 2.86 bits per heavy atom. The Bertz CT molecular complexity index is 501. The number of carbonyl (C=O) groups excluding carboxylic acids is 1. The van der Waals surface area contributed by atoms with Crippen molar-refractivity contribution in [1.82, 2.24) is 4.90 Å². The quantitative estimate of drug-likeness (QED) is 0.838. The van der Waals surface area contributed by atoms with Crippen LogP contribution < -0.4 is 11.1 Å². The van der Waals surface area contributed by atoms with E-state index in [4.69, 9.17) is 5.73 Å². The number of piperidine rings is 1. The highest BCUT2D eigenvalue weighted by Crippen LogP contribution is 2.23. The number of anilines is 2. The Morgan fingerprint density at radius 2 is 2.14 bits per heavy atom.